The van der Waals surface area contributed by atoms with Gasteiger partial charge in [-0.3, -0.25) is 10.1 Å². The van der Waals surface area contributed by atoms with E-state index in [-0.39, 0.29) is 17.9 Å². The van der Waals surface area contributed by atoms with Crippen LogP contribution in [0.5, 0.6) is 5.75 Å². The van der Waals surface area contributed by atoms with Crippen molar-refractivity contribution in [3.05, 3.63) is 51.5 Å². The summed E-state index contributed by atoms with van der Waals surface area (Å²) in [6.45, 7) is 6.35. The van der Waals surface area contributed by atoms with Crippen molar-refractivity contribution in [2.45, 2.75) is 26.2 Å². The minimum absolute atomic E-state index is 0.0498. The molecule has 26 heavy (non-hydrogen) atoms. The third-order valence-corrected chi connectivity index (χ3v) is 5.54. The highest BCUT2D eigenvalue weighted by atomic mass is 79.9. The van der Waals surface area contributed by atoms with E-state index in [9.17, 15) is 4.79 Å². The van der Waals surface area contributed by atoms with E-state index in [1.807, 2.05) is 30.3 Å². The molecule has 7 heteroatoms. The number of nitrogens with zero attached hydrogens (tertiary/aromatic N) is 1. The molecule has 2 aromatic carbocycles. The Hall–Kier alpha value is -1.63. The van der Waals surface area contributed by atoms with Gasteiger partial charge in [0, 0.05) is 5.02 Å². The van der Waals surface area contributed by atoms with Crippen molar-refractivity contribution in [1.82, 2.24) is 4.98 Å². The van der Waals surface area contributed by atoms with Crippen LogP contribution in [0.3, 0.4) is 0 Å². The second-order valence-corrected chi connectivity index (χ2v) is 9.18. The van der Waals surface area contributed by atoms with Crippen LogP contribution in [0.2, 0.25) is 5.02 Å². The van der Waals surface area contributed by atoms with Gasteiger partial charge in [0.1, 0.15) is 5.75 Å². The largest absolute Gasteiger partial charge is 0.483 e. The monoisotopic (exact) mass is 452 g/mol. The van der Waals surface area contributed by atoms with Crippen molar-refractivity contribution in [3.8, 4) is 5.75 Å². The molecule has 3 rings (SSSR count). The van der Waals surface area contributed by atoms with E-state index >= 15 is 0 Å². The summed E-state index contributed by atoms with van der Waals surface area (Å²) < 4.78 is 7.38. The molecule has 0 saturated heterocycles. The molecule has 1 amide bonds. The first kappa shape index (κ1) is 19.1. The minimum Gasteiger partial charge on any atom is -0.483 e. The number of carbonyl (C=O) groups excluding carboxylic acids is 1. The summed E-state index contributed by atoms with van der Waals surface area (Å²) in [7, 11) is 0. The van der Waals surface area contributed by atoms with Crippen LogP contribution in [-0.2, 0) is 10.2 Å². The number of rotatable bonds is 4. The fourth-order valence-electron chi connectivity index (χ4n) is 2.33. The number of nitrogens with one attached hydrogen (secondary N) is 1. The van der Waals surface area contributed by atoms with Gasteiger partial charge < -0.3 is 4.74 Å². The van der Waals surface area contributed by atoms with Gasteiger partial charge in [0.15, 0.2) is 11.7 Å². The number of ether oxygens (including phenoxy) is 1. The number of carbonyl (C=O) groups is 1. The summed E-state index contributed by atoms with van der Waals surface area (Å²) in [6.07, 6.45) is 0. The molecule has 0 spiro atoms. The lowest BCUT2D eigenvalue weighted by Gasteiger charge is -2.20. The molecule has 0 fully saturated rings. The van der Waals surface area contributed by atoms with Crippen LogP contribution < -0.4 is 10.1 Å². The summed E-state index contributed by atoms with van der Waals surface area (Å²) in [5.74, 6) is 0.367. The Morgan fingerprint density at radius 3 is 2.73 bits per heavy atom. The van der Waals surface area contributed by atoms with Crippen LogP contribution in [-0.4, -0.2) is 17.5 Å². The summed E-state index contributed by atoms with van der Waals surface area (Å²) in [6, 6.07) is 11.3. The average molecular weight is 454 g/mol. The standard InChI is InChI=1S/C19H18BrClN2O2S/c1-19(2,3)11-4-7-15(13(20)8-11)25-10-17(24)23-18-22-14-6-5-12(21)9-16(14)26-18/h4-9H,10H2,1-3H3,(H,22,23,24). The second-order valence-electron chi connectivity index (χ2n) is 6.86. The quantitative estimate of drug-likeness (QED) is 0.525. The number of benzene rings is 2. The first-order valence-corrected chi connectivity index (χ1v) is 10.00. The maximum atomic E-state index is 12.2. The Labute approximate surface area is 169 Å². The van der Waals surface area contributed by atoms with Crippen molar-refractivity contribution in [2.24, 2.45) is 0 Å². The zero-order valence-electron chi connectivity index (χ0n) is 14.6. The molecular formula is C19H18BrClN2O2S. The Bertz CT molecular complexity index is 966. The van der Waals surface area contributed by atoms with Crippen LogP contribution in [0.25, 0.3) is 10.2 Å². The fourth-order valence-corrected chi connectivity index (χ4v) is 3.99. The summed E-state index contributed by atoms with van der Waals surface area (Å²) in [4.78, 5) is 16.5. The molecular weight excluding hydrogens is 436 g/mol. The maximum absolute atomic E-state index is 12.2. The van der Waals surface area contributed by atoms with E-state index in [2.05, 4.69) is 47.0 Å². The zero-order chi connectivity index (χ0) is 18.9. The van der Waals surface area contributed by atoms with Gasteiger partial charge in [-0.25, -0.2) is 4.98 Å². The molecule has 0 radical (unpaired) electrons. The van der Waals surface area contributed by atoms with Crippen molar-refractivity contribution in [1.29, 1.82) is 0 Å². The number of thiazole rings is 1. The fraction of sp³-hybridized carbons (Fsp3) is 0.263. The van der Waals surface area contributed by atoms with Crippen molar-refractivity contribution < 1.29 is 9.53 Å². The molecule has 0 saturated carbocycles. The van der Waals surface area contributed by atoms with Crippen LogP contribution in [0.4, 0.5) is 5.13 Å². The molecule has 0 aliphatic heterocycles. The highest BCUT2D eigenvalue weighted by molar-refractivity contribution is 9.10. The summed E-state index contributed by atoms with van der Waals surface area (Å²) >= 11 is 10.9. The third kappa shape index (κ3) is 4.55. The smallest absolute Gasteiger partial charge is 0.264 e. The van der Waals surface area contributed by atoms with E-state index in [0.717, 1.165) is 14.7 Å². The van der Waals surface area contributed by atoms with Crippen LogP contribution in [0.1, 0.15) is 26.3 Å². The number of hydrogen-bond donors (Lipinski definition) is 1. The lowest BCUT2D eigenvalue weighted by atomic mass is 9.87. The van der Waals surface area contributed by atoms with Crippen LogP contribution >= 0.6 is 38.9 Å². The molecule has 0 aliphatic rings. The predicted octanol–water partition coefficient (Wildman–Crippen LogP) is 6.03. The Kier molecular flexibility index (Phi) is 5.55. The van der Waals surface area contributed by atoms with Gasteiger partial charge in [-0.05, 0) is 57.2 Å². The van der Waals surface area contributed by atoms with E-state index in [1.54, 1.807) is 6.07 Å². The second kappa shape index (κ2) is 7.55. The lowest BCUT2D eigenvalue weighted by Crippen LogP contribution is -2.20. The van der Waals surface area contributed by atoms with Crippen LogP contribution in [0, 0.1) is 0 Å². The molecule has 1 heterocycles. The Morgan fingerprint density at radius 2 is 2.04 bits per heavy atom. The van der Waals surface area contributed by atoms with E-state index in [4.69, 9.17) is 16.3 Å². The highest BCUT2D eigenvalue weighted by Gasteiger charge is 2.16. The minimum atomic E-state index is -0.262. The molecule has 3 aromatic rings. The molecule has 136 valence electrons. The van der Waals surface area contributed by atoms with Gasteiger partial charge in [0.05, 0.1) is 14.7 Å². The summed E-state index contributed by atoms with van der Waals surface area (Å²) in [5.41, 5.74) is 2.04. The molecule has 0 unspecified atom stereocenters. The molecule has 0 bridgehead atoms. The van der Waals surface area contributed by atoms with Crippen molar-refractivity contribution in [3.63, 3.8) is 0 Å². The predicted molar refractivity (Wildman–Crippen MR) is 112 cm³/mol. The van der Waals surface area contributed by atoms with Crippen LogP contribution in [0.15, 0.2) is 40.9 Å². The van der Waals surface area contributed by atoms with E-state index in [0.29, 0.717) is 15.9 Å². The third-order valence-electron chi connectivity index (χ3n) is 3.75. The number of anilines is 1. The number of hydrogen-bond acceptors (Lipinski definition) is 4. The van der Waals surface area contributed by atoms with Gasteiger partial charge in [-0.2, -0.15) is 0 Å². The number of fused-ring (bicyclic) bond motifs is 1. The first-order chi connectivity index (χ1) is 12.2. The normalized spacial score (nSPS) is 11.6. The molecule has 0 atom stereocenters. The van der Waals surface area contributed by atoms with Crippen molar-refractivity contribution >= 4 is 60.1 Å². The number of halogens is 2. The van der Waals surface area contributed by atoms with E-state index in [1.165, 1.54) is 16.9 Å². The lowest BCUT2D eigenvalue weighted by molar-refractivity contribution is -0.118. The van der Waals surface area contributed by atoms with Crippen molar-refractivity contribution in [2.75, 3.05) is 11.9 Å². The molecule has 0 aliphatic carbocycles. The van der Waals surface area contributed by atoms with Gasteiger partial charge in [-0.1, -0.05) is 49.8 Å². The van der Waals surface area contributed by atoms with Gasteiger partial charge >= 0.3 is 0 Å². The number of aromatic nitrogens is 1. The molecule has 1 N–H and O–H groups in total. The highest BCUT2D eigenvalue weighted by Crippen LogP contribution is 2.32. The average Bonchev–Trinajstić information content (AvgIpc) is 2.93. The topological polar surface area (TPSA) is 51.2 Å². The number of amides is 1. The van der Waals surface area contributed by atoms with E-state index < -0.39 is 0 Å². The van der Waals surface area contributed by atoms with Gasteiger partial charge in [-0.15, -0.1) is 0 Å². The van der Waals surface area contributed by atoms with Gasteiger partial charge in [0.25, 0.3) is 5.91 Å². The van der Waals surface area contributed by atoms with Gasteiger partial charge in [0.2, 0.25) is 0 Å². The Balaban J connectivity index is 1.63. The zero-order valence-corrected chi connectivity index (χ0v) is 17.8. The Morgan fingerprint density at radius 1 is 1.27 bits per heavy atom. The SMILES string of the molecule is CC(C)(C)c1ccc(OCC(=O)Nc2nc3ccc(Cl)cc3s2)c(Br)c1. The molecule has 1 aromatic heterocycles. The maximum Gasteiger partial charge on any atom is 0.264 e. The summed E-state index contributed by atoms with van der Waals surface area (Å²) in [5, 5.41) is 3.93. The molecule has 4 nitrogen and oxygen atoms in total. The first-order valence-electron chi connectivity index (χ1n) is 8.01.